The average molecular weight is 432 g/mol. The van der Waals surface area contributed by atoms with Crippen molar-refractivity contribution >= 4 is 34.1 Å². The number of hydrogen-bond donors (Lipinski definition) is 1. The molecule has 2 rings (SSSR count). The molecule has 0 fully saturated rings. The molecule has 0 bridgehead atoms. The van der Waals surface area contributed by atoms with Crippen LogP contribution in [0.2, 0.25) is 10.0 Å². The van der Waals surface area contributed by atoms with Crippen LogP contribution < -0.4 is 5.43 Å². The largest absolute Gasteiger partial charge is 0.358 e. The van der Waals surface area contributed by atoms with Crippen molar-refractivity contribution in [2.24, 2.45) is 0 Å². The molecule has 0 unspecified atom stereocenters. The number of hydrogen-bond acceptors (Lipinski definition) is 1. The van der Waals surface area contributed by atoms with Gasteiger partial charge in [-0.15, -0.1) is 0 Å². The number of fused-ring (bicyclic) bond motifs is 1. The molecule has 2 aromatic rings. The zero-order chi connectivity index (χ0) is 21.6. The Morgan fingerprint density at radius 1 is 0.966 bits per heavy atom. The highest BCUT2D eigenvalue weighted by molar-refractivity contribution is 6.38. The summed E-state index contributed by atoms with van der Waals surface area (Å²) in [6, 6.07) is 3.36. The number of aryl methyl sites for hydroxylation is 1. The van der Waals surface area contributed by atoms with Gasteiger partial charge >= 0.3 is 0 Å². The van der Waals surface area contributed by atoms with Crippen molar-refractivity contribution in [2.45, 2.75) is 66.7 Å². The van der Waals surface area contributed by atoms with Crippen LogP contribution in [0.5, 0.6) is 0 Å². The molecule has 0 saturated heterocycles. The molecule has 0 radical (unpaired) electrons. The lowest BCUT2D eigenvalue weighted by molar-refractivity contribution is 0.913. The van der Waals surface area contributed by atoms with Crippen molar-refractivity contribution < 1.29 is 0 Å². The van der Waals surface area contributed by atoms with E-state index in [1.165, 1.54) is 16.7 Å². The summed E-state index contributed by atoms with van der Waals surface area (Å²) in [5, 5.41) is 1.42. The van der Waals surface area contributed by atoms with Crippen molar-refractivity contribution in [1.82, 2.24) is 4.98 Å². The van der Waals surface area contributed by atoms with Crippen LogP contribution in [0.1, 0.15) is 64.6 Å². The van der Waals surface area contributed by atoms with Crippen molar-refractivity contribution in [2.75, 3.05) is 0 Å². The van der Waals surface area contributed by atoms with E-state index >= 15 is 0 Å². The van der Waals surface area contributed by atoms with Crippen LogP contribution in [0.15, 0.2) is 51.9 Å². The second-order valence-electron chi connectivity index (χ2n) is 8.03. The van der Waals surface area contributed by atoms with Crippen LogP contribution in [0, 0.1) is 6.92 Å². The number of H-pyrrole nitrogens is 1. The average Bonchev–Trinajstić information content (AvgIpc) is 2.60. The smallest absolute Gasteiger partial charge is 0.194 e. The second kappa shape index (κ2) is 10.8. The predicted octanol–water partition coefficient (Wildman–Crippen LogP) is 8.11. The van der Waals surface area contributed by atoms with Crippen molar-refractivity contribution in [3.05, 3.63) is 78.6 Å². The van der Waals surface area contributed by atoms with Crippen molar-refractivity contribution in [1.29, 1.82) is 0 Å². The van der Waals surface area contributed by atoms with Gasteiger partial charge in [-0.1, -0.05) is 58.1 Å². The predicted molar refractivity (Wildman–Crippen MR) is 128 cm³/mol. The minimum atomic E-state index is -0.0167. The van der Waals surface area contributed by atoms with Gasteiger partial charge in [0.2, 0.25) is 0 Å². The monoisotopic (exact) mass is 431 g/mol. The number of aromatic amines is 1. The molecule has 1 heterocycles. The Bertz CT molecular complexity index is 1020. The molecule has 1 N–H and O–H groups in total. The minimum absolute atomic E-state index is 0.0167. The standard InChI is InChI=1S/C25H31Cl2NO/c1-16(2)8-6-9-17(3)10-7-11-18(4)12-13-21-19(5)28-23-15-20(26)14-22(27)24(23)25(21)29/h8,10,12,14-15H,6-7,9,11,13H2,1-5H3,(H,28,29)/b17-10+,18-12+. The van der Waals surface area contributed by atoms with Crippen LogP contribution in [0.3, 0.4) is 0 Å². The van der Waals surface area contributed by atoms with Crippen LogP contribution in [0.4, 0.5) is 0 Å². The zero-order valence-electron chi connectivity index (χ0n) is 18.1. The van der Waals surface area contributed by atoms with E-state index in [0.29, 0.717) is 27.4 Å². The SMILES string of the molecule is CC(C)=CCC/C(C)=C/CC/C(C)=C/Cc1c(C)[nH]c2cc(Cl)cc(Cl)c2c1=O. The van der Waals surface area contributed by atoms with Gasteiger partial charge in [0.15, 0.2) is 5.43 Å². The van der Waals surface area contributed by atoms with Gasteiger partial charge < -0.3 is 4.98 Å². The summed E-state index contributed by atoms with van der Waals surface area (Å²) in [6.45, 7) is 10.5. The highest BCUT2D eigenvalue weighted by Crippen LogP contribution is 2.25. The fourth-order valence-corrected chi connectivity index (χ4v) is 3.94. The van der Waals surface area contributed by atoms with Crippen LogP contribution in [-0.4, -0.2) is 4.98 Å². The number of rotatable bonds is 8. The molecule has 0 aliphatic rings. The zero-order valence-corrected chi connectivity index (χ0v) is 19.6. The third-order valence-electron chi connectivity index (χ3n) is 5.11. The number of aromatic nitrogens is 1. The number of allylic oxidation sites excluding steroid dienone is 6. The van der Waals surface area contributed by atoms with E-state index in [-0.39, 0.29) is 5.43 Å². The molecule has 0 atom stereocenters. The van der Waals surface area contributed by atoms with Crippen molar-refractivity contribution in [3.8, 4) is 0 Å². The minimum Gasteiger partial charge on any atom is -0.358 e. The molecule has 156 valence electrons. The Morgan fingerprint density at radius 3 is 2.24 bits per heavy atom. The van der Waals surface area contributed by atoms with E-state index in [1.54, 1.807) is 12.1 Å². The maximum absolute atomic E-state index is 13.0. The molecule has 1 aromatic carbocycles. The molecule has 29 heavy (non-hydrogen) atoms. The lowest BCUT2D eigenvalue weighted by Gasteiger charge is -2.09. The highest BCUT2D eigenvalue weighted by atomic mass is 35.5. The summed E-state index contributed by atoms with van der Waals surface area (Å²) >= 11 is 12.3. The molecule has 0 spiro atoms. The van der Waals surface area contributed by atoms with Gasteiger partial charge in [0, 0.05) is 16.3 Å². The fraction of sp³-hybridized carbons (Fsp3) is 0.400. The third-order valence-corrected chi connectivity index (χ3v) is 5.62. The van der Waals surface area contributed by atoms with E-state index in [4.69, 9.17) is 23.2 Å². The van der Waals surface area contributed by atoms with Crippen LogP contribution >= 0.6 is 23.2 Å². The Kier molecular flexibility index (Phi) is 8.79. The van der Waals surface area contributed by atoms with E-state index in [9.17, 15) is 4.79 Å². The normalized spacial score (nSPS) is 12.5. The van der Waals surface area contributed by atoms with E-state index in [2.05, 4.69) is 50.9 Å². The summed E-state index contributed by atoms with van der Waals surface area (Å²) in [7, 11) is 0. The van der Waals surface area contributed by atoms with Gasteiger partial charge in [-0.25, -0.2) is 0 Å². The molecule has 0 aliphatic heterocycles. The second-order valence-corrected chi connectivity index (χ2v) is 8.88. The summed E-state index contributed by atoms with van der Waals surface area (Å²) in [5.41, 5.74) is 6.39. The maximum Gasteiger partial charge on any atom is 0.194 e. The highest BCUT2D eigenvalue weighted by Gasteiger charge is 2.12. The van der Waals surface area contributed by atoms with E-state index in [1.807, 2.05) is 6.92 Å². The number of pyridine rings is 1. The Morgan fingerprint density at radius 2 is 1.59 bits per heavy atom. The molecule has 2 nitrogen and oxygen atoms in total. The number of halogens is 2. The van der Waals surface area contributed by atoms with Gasteiger partial charge in [0.1, 0.15) is 0 Å². The molecule has 4 heteroatoms. The Balaban J connectivity index is 2.06. The molecular weight excluding hydrogens is 401 g/mol. The first-order valence-electron chi connectivity index (χ1n) is 10.1. The van der Waals surface area contributed by atoms with Gasteiger partial charge in [0.05, 0.1) is 15.9 Å². The van der Waals surface area contributed by atoms with Crippen LogP contribution in [0.25, 0.3) is 10.9 Å². The van der Waals surface area contributed by atoms with Gasteiger partial charge in [-0.3, -0.25) is 4.79 Å². The van der Waals surface area contributed by atoms with Gasteiger partial charge in [-0.05, 0) is 78.9 Å². The topological polar surface area (TPSA) is 32.9 Å². The van der Waals surface area contributed by atoms with Crippen molar-refractivity contribution in [3.63, 3.8) is 0 Å². The third kappa shape index (κ3) is 6.90. The summed E-state index contributed by atoms with van der Waals surface area (Å²) in [6.07, 6.45) is 11.6. The maximum atomic E-state index is 13.0. The summed E-state index contributed by atoms with van der Waals surface area (Å²) in [4.78, 5) is 16.2. The number of benzene rings is 1. The fourth-order valence-electron chi connectivity index (χ4n) is 3.36. The first-order chi connectivity index (χ1) is 13.7. The Hall–Kier alpha value is -1.77. The first kappa shape index (κ1) is 23.5. The van der Waals surface area contributed by atoms with Crippen LogP contribution in [-0.2, 0) is 6.42 Å². The van der Waals surface area contributed by atoms with E-state index in [0.717, 1.165) is 36.9 Å². The molecule has 0 aliphatic carbocycles. The quantitative estimate of drug-likeness (QED) is 0.420. The van der Waals surface area contributed by atoms with Gasteiger partial charge in [0.25, 0.3) is 0 Å². The molecule has 0 saturated carbocycles. The molecular formula is C25H31Cl2NO. The number of nitrogens with one attached hydrogen (secondary N) is 1. The van der Waals surface area contributed by atoms with E-state index < -0.39 is 0 Å². The molecule has 1 aromatic heterocycles. The van der Waals surface area contributed by atoms with Gasteiger partial charge in [-0.2, -0.15) is 0 Å². The first-order valence-corrected chi connectivity index (χ1v) is 10.9. The summed E-state index contributed by atoms with van der Waals surface area (Å²) in [5.74, 6) is 0. The lowest BCUT2D eigenvalue weighted by atomic mass is 10.0. The lowest BCUT2D eigenvalue weighted by Crippen LogP contribution is -2.13. The summed E-state index contributed by atoms with van der Waals surface area (Å²) < 4.78 is 0. The molecule has 0 amide bonds. The Labute approximate surface area is 184 Å².